The maximum absolute atomic E-state index is 14.4. The van der Waals surface area contributed by atoms with Gasteiger partial charge in [-0.2, -0.15) is 0 Å². The van der Waals surface area contributed by atoms with Crippen molar-refractivity contribution in [3.8, 4) is 5.75 Å². The number of esters is 4. The van der Waals surface area contributed by atoms with Crippen LogP contribution in [-0.4, -0.2) is 112 Å². The average Bonchev–Trinajstić information content (AvgIpc) is 3.46. The molecule has 11 atom stereocenters. The number of fused-ring (bicyclic) bond motifs is 1. The molecule has 3 fully saturated rings. The van der Waals surface area contributed by atoms with Gasteiger partial charge in [-0.25, -0.2) is 19.2 Å². The van der Waals surface area contributed by atoms with Crippen molar-refractivity contribution >= 4 is 23.9 Å². The van der Waals surface area contributed by atoms with Gasteiger partial charge in [-0.15, -0.1) is 6.58 Å². The van der Waals surface area contributed by atoms with Crippen LogP contribution in [0.5, 0.6) is 5.75 Å². The smallest absolute Gasteiger partial charge is 0.338 e. The SMILES string of the molecule is C=CCO[C@H]1O[C@@H]2COC(c3ccccc3)O[C@H]2[C@H](OCc2ccc(OC)cc2)[C@H]1O[C@@H]1O[C@H](COC(=O)c2ccccc2)[C@H](OC(=O)c2ccccc2)[C@H](OC(=O)c2ccccc2)[C@H]1OC(=O)c1ccccc1. The fourth-order valence-electron chi connectivity index (χ4n) is 8.66. The highest BCUT2D eigenvalue weighted by Gasteiger charge is 2.58. The molecule has 0 radical (unpaired) electrons. The van der Waals surface area contributed by atoms with E-state index in [0.29, 0.717) is 5.75 Å². The van der Waals surface area contributed by atoms with Gasteiger partial charge >= 0.3 is 23.9 Å². The summed E-state index contributed by atoms with van der Waals surface area (Å²) in [7, 11) is 1.57. The molecule has 16 heteroatoms. The molecule has 16 nitrogen and oxygen atoms in total. The number of benzene rings is 6. The predicted molar refractivity (Wildman–Crippen MR) is 264 cm³/mol. The van der Waals surface area contributed by atoms with Crippen molar-refractivity contribution in [1.82, 2.24) is 0 Å². The molecule has 1 unspecified atom stereocenters. The highest BCUT2D eigenvalue weighted by molar-refractivity contribution is 5.91. The lowest BCUT2D eigenvalue weighted by molar-refractivity contribution is -0.395. The second kappa shape index (κ2) is 24.9. The highest BCUT2D eigenvalue weighted by atomic mass is 16.8. The summed E-state index contributed by atoms with van der Waals surface area (Å²) in [6, 6.07) is 49.1. The van der Waals surface area contributed by atoms with Crippen molar-refractivity contribution < 1.29 is 76.0 Å². The van der Waals surface area contributed by atoms with Gasteiger partial charge < -0.3 is 56.8 Å². The molecule has 9 rings (SSSR count). The zero-order valence-electron chi connectivity index (χ0n) is 40.2. The number of rotatable bonds is 19. The van der Waals surface area contributed by atoms with Gasteiger partial charge in [0.15, 0.2) is 37.2 Å². The summed E-state index contributed by atoms with van der Waals surface area (Å²) in [5.41, 5.74) is 2.09. The Kier molecular flexibility index (Phi) is 17.3. The van der Waals surface area contributed by atoms with E-state index in [1.54, 1.807) is 104 Å². The predicted octanol–water partition coefficient (Wildman–Crippen LogP) is 8.27. The topological polar surface area (TPSA) is 179 Å². The van der Waals surface area contributed by atoms with Gasteiger partial charge in [0.05, 0.1) is 49.2 Å². The molecule has 74 heavy (non-hydrogen) atoms. The molecule has 0 saturated carbocycles. The molecule has 3 saturated heterocycles. The van der Waals surface area contributed by atoms with Gasteiger partial charge in [-0.1, -0.05) is 121 Å². The van der Waals surface area contributed by atoms with Crippen molar-refractivity contribution in [1.29, 1.82) is 0 Å². The minimum absolute atomic E-state index is 0.0215. The van der Waals surface area contributed by atoms with Crippen LogP contribution >= 0.6 is 0 Å². The van der Waals surface area contributed by atoms with E-state index >= 15 is 0 Å². The number of methoxy groups -OCH3 is 1. The van der Waals surface area contributed by atoms with E-state index in [1.165, 1.54) is 42.5 Å². The fourth-order valence-corrected chi connectivity index (χ4v) is 8.66. The van der Waals surface area contributed by atoms with Gasteiger partial charge in [0.1, 0.15) is 42.9 Å². The third kappa shape index (κ3) is 12.6. The molecule has 0 spiro atoms. The zero-order chi connectivity index (χ0) is 51.2. The Labute approximate surface area is 427 Å². The van der Waals surface area contributed by atoms with Crippen LogP contribution in [-0.2, 0) is 58.7 Å². The van der Waals surface area contributed by atoms with E-state index < -0.39 is 98.2 Å². The third-order valence-electron chi connectivity index (χ3n) is 12.4. The van der Waals surface area contributed by atoms with E-state index in [-0.39, 0.29) is 42.1 Å². The lowest BCUT2D eigenvalue weighted by Crippen LogP contribution is -2.67. The van der Waals surface area contributed by atoms with E-state index in [0.717, 1.165) is 11.1 Å². The molecule has 6 aromatic carbocycles. The summed E-state index contributed by atoms with van der Waals surface area (Å²) >= 11 is 0. The molecule has 0 amide bonds. The van der Waals surface area contributed by atoms with Crippen LogP contribution in [0.1, 0.15) is 58.8 Å². The van der Waals surface area contributed by atoms with Crippen LogP contribution in [0.2, 0.25) is 0 Å². The van der Waals surface area contributed by atoms with Crippen LogP contribution in [0.3, 0.4) is 0 Å². The maximum atomic E-state index is 14.4. The van der Waals surface area contributed by atoms with Crippen LogP contribution in [0.4, 0.5) is 0 Å². The Morgan fingerprint density at radius 1 is 0.541 bits per heavy atom. The average molecular weight is 1010 g/mol. The molecule has 3 aliphatic heterocycles. The van der Waals surface area contributed by atoms with Crippen molar-refractivity contribution in [2.24, 2.45) is 0 Å². The van der Waals surface area contributed by atoms with Crippen molar-refractivity contribution in [3.05, 3.63) is 222 Å². The molecule has 3 aliphatic rings. The van der Waals surface area contributed by atoms with Crippen LogP contribution in [0, 0.1) is 0 Å². The van der Waals surface area contributed by atoms with E-state index in [4.69, 9.17) is 56.8 Å². The summed E-state index contributed by atoms with van der Waals surface area (Å²) < 4.78 is 76.9. The lowest BCUT2D eigenvalue weighted by atomic mass is 9.95. The second-order valence-electron chi connectivity index (χ2n) is 17.3. The first-order valence-corrected chi connectivity index (χ1v) is 24.0. The van der Waals surface area contributed by atoms with Gasteiger partial charge in [0, 0.05) is 5.56 Å². The number of carbonyl (C=O) groups is 4. The first-order chi connectivity index (χ1) is 36.3. The Hall–Kier alpha value is -7.54. The first-order valence-electron chi connectivity index (χ1n) is 24.0. The standard InChI is InChI=1S/C58H54O16/c1-3-33-64-57-50(48(65-34-37-29-31-43(63-2)32-30-37)46-45(68-57)36-67-56(73-46)42-27-17-8-18-28-42)74-58-51(72-55(62)41-25-15-7-16-26-41)49(71-54(61)40-23-13-6-14-24-40)47(70-53(60)39-21-11-5-12-22-39)44(69-58)35-66-52(59)38-19-9-4-10-20-38/h3-32,44-51,56-58H,1,33-36H2,2H3/t44-,45-,46-,47+,48+,49+,50-,51-,56?,57+,58+/m1/s1. The highest BCUT2D eigenvalue weighted by Crippen LogP contribution is 2.40. The largest absolute Gasteiger partial charge is 0.497 e. The summed E-state index contributed by atoms with van der Waals surface area (Å²) in [6.45, 7) is 3.33. The monoisotopic (exact) mass is 1010 g/mol. The van der Waals surface area contributed by atoms with Crippen LogP contribution in [0.25, 0.3) is 0 Å². The summed E-state index contributed by atoms with van der Waals surface area (Å²) in [5, 5.41) is 0. The Morgan fingerprint density at radius 3 is 1.59 bits per heavy atom. The molecule has 3 heterocycles. The zero-order valence-corrected chi connectivity index (χ0v) is 40.2. The molecule has 0 aromatic heterocycles. The lowest BCUT2D eigenvalue weighted by Gasteiger charge is -2.51. The number of ether oxygens (including phenoxy) is 12. The normalized spacial score (nSPS) is 25.3. The van der Waals surface area contributed by atoms with Crippen LogP contribution < -0.4 is 4.74 Å². The molecular weight excluding hydrogens is 953 g/mol. The van der Waals surface area contributed by atoms with E-state index in [2.05, 4.69) is 6.58 Å². The maximum Gasteiger partial charge on any atom is 0.338 e. The quantitative estimate of drug-likeness (QED) is 0.0430. The van der Waals surface area contributed by atoms with E-state index in [9.17, 15) is 19.2 Å². The van der Waals surface area contributed by atoms with Gasteiger partial charge in [-0.05, 0) is 66.2 Å². The summed E-state index contributed by atoms with van der Waals surface area (Å²) in [5.74, 6) is -2.70. The minimum atomic E-state index is -1.75. The number of carbonyl (C=O) groups excluding carboxylic acids is 4. The molecule has 382 valence electrons. The molecule has 0 bridgehead atoms. The summed E-state index contributed by atoms with van der Waals surface area (Å²) in [6.07, 6.45) is -12.9. The molecule has 6 aromatic rings. The Morgan fingerprint density at radius 2 is 1.05 bits per heavy atom. The van der Waals surface area contributed by atoms with E-state index in [1.807, 2.05) is 42.5 Å². The minimum Gasteiger partial charge on any atom is -0.497 e. The molecule has 0 N–H and O–H groups in total. The van der Waals surface area contributed by atoms with Gasteiger partial charge in [-0.3, -0.25) is 0 Å². The van der Waals surface area contributed by atoms with Gasteiger partial charge in [0.25, 0.3) is 0 Å². The summed E-state index contributed by atoms with van der Waals surface area (Å²) in [4.78, 5) is 56.6. The number of hydrogen-bond acceptors (Lipinski definition) is 16. The fraction of sp³-hybridized carbons (Fsp3) is 0.276. The Bertz CT molecular complexity index is 2760. The van der Waals surface area contributed by atoms with Gasteiger partial charge in [0.2, 0.25) is 0 Å². The first kappa shape index (κ1) is 51.4. The Balaban J connectivity index is 1.15. The van der Waals surface area contributed by atoms with Crippen molar-refractivity contribution in [2.75, 3.05) is 26.9 Å². The molecular formula is C58H54O16. The third-order valence-corrected chi connectivity index (χ3v) is 12.4. The molecule has 0 aliphatic carbocycles. The number of hydrogen-bond donors (Lipinski definition) is 0. The second-order valence-corrected chi connectivity index (χ2v) is 17.3. The van der Waals surface area contributed by atoms with Crippen LogP contribution in [0.15, 0.2) is 189 Å². The van der Waals surface area contributed by atoms with Crippen molar-refractivity contribution in [3.63, 3.8) is 0 Å². The van der Waals surface area contributed by atoms with Crippen molar-refractivity contribution in [2.45, 2.75) is 74.3 Å².